The third-order valence-corrected chi connectivity index (χ3v) is 6.00. The first-order chi connectivity index (χ1) is 16.5. The zero-order valence-corrected chi connectivity index (χ0v) is 18.9. The average Bonchev–Trinajstić information content (AvgIpc) is 3.49. The summed E-state index contributed by atoms with van der Waals surface area (Å²) in [6.45, 7) is 0. The lowest BCUT2D eigenvalue weighted by Crippen LogP contribution is -2.29. The Hall–Kier alpha value is -4.24. The van der Waals surface area contributed by atoms with E-state index in [-0.39, 0.29) is 17.8 Å². The second-order valence-electron chi connectivity index (χ2n) is 7.71. The molecule has 3 heterocycles. The monoisotopic (exact) mass is 472 g/mol. The summed E-state index contributed by atoms with van der Waals surface area (Å²) in [7, 11) is 1.62. The molecule has 1 N–H and O–H groups in total. The number of pyridine rings is 1. The quantitative estimate of drug-likeness (QED) is 0.225. The van der Waals surface area contributed by atoms with Gasteiger partial charge < -0.3 is 19.4 Å². The van der Waals surface area contributed by atoms with Gasteiger partial charge in [0.2, 0.25) is 0 Å². The molecule has 170 valence electrons. The van der Waals surface area contributed by atoms with Gasteiger partial charge in [0, 0.05) is 35.6 Å². The van der Waals surface area contributed by atoms with E-state index in [1.165, 1.54) is 12.1 Å². The van der Waals surface area contributed by atoms with Crippen LogP contribution in [0.1, 0.15) is 23.5 Å². The number of thiocarbonyl (C=S) groups is 1. The van der Waals surface area contributed by atoms with Crippen LogP contribution in [0.4, 0.5) is 11.4 Å². The number of benzene rings is 2. The van der Waals surface area contributed by atoms with Gasteiger partial charge in [0.05, 0.1) is 23.8 Å². The van der Waals surface area contributed by atoms with Gasteiger partial charge in [0.1, 0.15) is 23.3 Å². The number of furan rings is 1. The number of nitrogens with one attached hydrogen (secondary N) is 1. The SMILES string of the molecule is COc1cccc(N2C(=S)N[C@@H](c3ccccn3)[C@@H]2c2ccc(-c3cccc([N+](=O)[O-])c3)o2)c1. The van der Waals surface area contributed by atoms with Crippen molar-refractivity contribution in [2.75, 3.05) is 12.0 Å². The van der Waals surface area contributed by atoms with E-state index in [0.717, 1.165) is 11.4 Å². The van der Waals surface area contributed by atoms with Crippen LogP contribution in [0.5, 0.6) is 5.75 Å². The topological polar surface area (TPSA) is 93.7 Å². The molecule has 0 bridgehead atoms. The lowest BCUT2D eigenvalue weighted by atomic mass is 10.0. The molecule has 1 fully saturated rings. The first kappa shape index (κ1) is 21.6. The Kier molecular flexibility index (Phi) is 5.69. The highest BCUT2D eigenvalue weighted by atomic mass is 32.1. The summed E-state index contributed by atoms with van der Waals surface area (Å²) in [5.41, 5.74) is 2.28. The van der Waals surface area contributed by atoms with Crippen molar-refractivity contribution >= 4 is 28.7 Å². The number of nitro groups is 1. The predicted molar refractivity (Wildman–Crippen MR) is 132 cm³/mol. The Bertz CT molecular complexity index is 1360. The Labute approximate surface area is 201 Å². The van der Waals surface area contributed by atoms with Gasteiger partial charge in [-0.1, -0.05) is 24.3 Å². The van der Waals surface area contributed by atoms with Gasteiger partial charge in [-0.15, -0.1) is 0 Å². The predicted octanol–water partition coefficient (Wildman–Crippen LogP) is 5.44. The minimum atomic E-state index is -0.422. The number of hydrogen-bond acceptors (Lipinski definition) is 6. The Morgan fingerprint density at radius 3 is 2.71 bits per heavy atom. The summed E-state index contributed by atoms with van der Waals surface area (Å²) in [6.07, 6.45) is 1.74. The van der Waals surface area contributed by atoms with Gasteiger partial charge in [0.15, 0.2) is 5.11 Å². The molecule has 0 amide bonds. The van der Waals surface area contributed by atoms with Crippen molar-refractivity contribution in [2.24, 2.45) is 0 Å². The number of non-ortho nitro benzene ring substituents is 1. The second-order valence-corrected chi connectivity index (χ2v) is 8.09. The van der Waals surface area contributed by atoms with E-state index in [1.807, 2.05) is 59.5 Å². The molecule has 0 saturated carbocycles. The van der Waals surface area contributed by atoms with E-state index in [9.17, 15) is 10.1 Å². The van der Waals surface area contributed by atoms with Gasteiger partial charge in [-0.3, -0.25) is 15.1 Å². The number of anilines is 1. The second kappa shape index (κ2) is 8.95. The highest BCUT2D eigenvalue weighted by Gasteiger charge is 2.42. The first-order valence-electron chi connectivity index (χ1n) is 10.5. The third-order valence-electron chi connectivity index (χ3n) is 5.69. The molecule has 5 rings (SSSR count). The van der Waals surface area contributed by atoms with E-state index in [1.54, 1.807) is 25.4 Å². The largest absolute Gasteiger partial charge is 0.497 e. The molecule has 1 aliphatic heterocycles. The number of aromatic nitrogens is 1. The third kappa shape index (κ3) is 3.97. The Balaban J connectivity index is 1.59. The number of methoxy groups -OCH3 is 1. The van der Waals surface area contributed by atoms with Crippen molar-refractivity contribution in [3.8, 4) is 17.1 Å². The van der Waals surface area contributed by atoms with Gasteiger partial charge in [-0.05, 0) is 48.6 Å². The zero-order valence-electron chi connectivity index (χ0n) is 18.1. The van der Waals surface area contributed by atoms with E-state index in [0.29, 0.717) is 27.9 Å². The molecule has 2 atom stereocenters. The van der Waals surface area contributed by atoms with Crippen molar-refractivity contribution in [3.05, 3.63) is 107 Å². The molecule has 0 spiro atoms. The number of rotatable bonds is 6. The molecule has 2 aromatic carbocycles. The van der Waals surface area contributed by atoms with Gasteiger partial charge in [0.25, 0.3) is 5.69 Å². The van der Waals surface area contributed by atoms with Gasteiger partial charge in [-0.2, -0.15) is 0 Å². The fourth-order valence-electron chi connectivity index (χ4n) is 4.12. The van der Waals surface area contributed by atoms with Crippen LogP contribution in [0.15, 0.2) is 89.5 Å². The molecule has 1 aliphatic rings. The minimum absolute atomic E-state index is 0.00327. The lowest BCUT2D eigenvalue weighted by Gasteiger charge is -2.26. The van der Waals surface area contributed by atoms with E-state index in [2.05, 4.69) is 10.3 Å². The standard InChI is InChI=1S/C25H20N4O4S/c1-32-19-9-5-7-17(15-19)28-24(23(27-25(28)34)20-10-2-3-13-26-20)22-12-11-21(33-22)16-6-4-8-18(14-16)29(30)31/h2-15,23-24H,1H3,(H,27,34)/t23-,24-/m0/s1. The normalized spacial score (nSPS) is 17.4. The highest BCUT2D eigenvalue weighted by Crippen LogP contribution is 2.43. The van der Waals surface area contributed by atoms with Crippen LogP contribution in [0.2, 0.25) is 0 Å². The maximum Gasteiger partial charge on any atom is 0.270 e. The summed E-state index contributed by atoms with van der Waals surface area (Å²) >= 11 is 5.73. The fraction of sp³-hybridized carbons (Fsp3) is 0.120. The van der Waals surface area contributed by atoms with E-state index in [4.69, 9.17) is 21.4 Å². The maximum atomic E-state index is 11.2. The number of ether oxygens (including phenoxy) is 1. The number of hydrogen-bond donors (Lipinski definition) is 1. The van der Waals surface area contributed by atoms with Crippen LogP contribution in [0, 0.1) is 10.1 Å². The summed E-state index contributed by atoms with van der Waals surface area (Å²) in [5.74, 6) is 1.88. The molecule has 34 heavy (non-hydrogen) atoms. The van der Waals surface area contributed by atoms with Crippen LogP contribution < -0.4 is 15.0 Å². The van der Waals surface area contributed by atoms with Gasteiger partial charge in [-0.25, -0.2) is 0 Å². The van der Waals surface area contributed by atoms with Crippen molar-refractivity contribution < 1.29 is 14.1 Å². The van der Waals surface area contributed by atoms with Crippen LogP contribution in [-0.2, 0) is 0 Å². The maximum absolute atomic E-state index is 11.2. The highest BCUT2D eigenvalue weighted by molar-refractivity contribution is 7.80. The molecule has 0 aliphatic carbocycles. The molecule has 4 aromatic rings. The molecular weight excluding hydrogens is 452 g/mol. The molecular formula is C25H20N4O4S. The van der Waals surface area contributed by atoms with Crippen molar-refractivity contribution in [2.45, 2.75) is 12.1 Å². The Morgan fingerprint density at radius 1 is 1.09 bits per heavy atom. The van der Waals surface area contributed by atoms with E-state index < -0.39 is 4.92 Å². The summed E-state index contributed by atoms with van der Waals surface area (Å²) in [5, 5.41) is 15.1. The zero-order chi connectivity index (χ0) is 23.7. The molecule has 0 unspecified atom stereocenters. The average molecular weight is 473 g/mol. The van der Waals surface area contributed by atoms with Crippen LogP contribution >= 0.6 is 12.2 Å². The molecule has 0 radical (unpaired) electrons. The van der Waals surface area contributed by atoms with Crippen molar-refractivity contribution in [1.82, 2.24) is 10.3 Å². The van der Waals surface area contributed by atoms with Crippen LogP contribution in [0.25, 0.3) is 11.3 Å². The van der Waals surface area contributed by atoms with Crippen molar-refractivity contribution in [1.29, 1.82) is 0 Å². The van der Waals surface area contributed by atoms with Gasteiger partial charge >= 0.3 is 0 Å². The summed E-state index contributed by atoms with van der Waals surface area (Å²) < 4.78 is 11.7. The minimum Gasteiger partial charge on any atom is -0.497 e. The van der Waals surface area contributed by atoms with E-state index >= 15 is 0 Å². The van der Waals surface area contributed by atoms with Crippen LogP contribution in [-0.4, -0.2) is 22.1 Å². The first-order valence-corrected chi connectivity index (χ1v) is 11.0. The summed E-state index contributed by atoms with van der Waals surface area (Å²) in [4.78, 5) is 17.3. The van der Waals surface area contributed by atoms with Crippen molar-refractivity contribution in [3.63, 3.8) is 0 Å². The fourth-order valence-corrected chi connectivity index (χ4v) is 4.47. The summed E-state index contributed by atoms with van der Waals surface area (Å²) in [6, 6.07) is 22.8. The molecule has 1 saturated heterocycles. The molecule has 9 heteroatoms. The number of nitrogens with zero attached hydrogens (tertiary/aromatic N) is 3. The Morgan fingerprint density at radius 2 is 1.94 bits per heavy atom. The number of nitro benzene ring substituents is 1. The lowest BCUT2D eigenvalue weighted by molar-refractivity contribution is -0.384. The molecule has 8 nitrogen and oxygen atoms in total. The van der Waals surface area contributed by atoms with Crippen LogP contribution in [0.3, 0.4) is 0 Å². The molecule has 2 aromatic heterocycles. The smallest absolute Gasteiger partial charge is 0.270 e.